The third-order valence-corrected chi connectivity index (χ3v) is 11.6. The van der Waals surface area contributed by atoms with Crippen molar-refractivity contribution in [2.45, 2.75) is 93.0 Å². The van der Waals surface area contributed by atoms with E-state index in [4.69, 9.17) is 0 Å². The van der Waals surface area contributed by atoms with E-state index in [-0.39, 0.29) is 48.8 Å². The van der Waals surface area contributed by atoms with Crippen molar-refractivity contribution in [3.05, 3.63) is 108 Å². The number of carbonyl (C=O) groups is 3. The topological polar surface area (TPSA) is 178 Å². The number of benzene rings is 3. The highest BCUT2D eigenvalue weighted by Gasteiger charge is 2.42. The van der Waals surface area contributed by atoms with Crippen molar-refractivity contribution in [3.63, 3.8) is 0 Å². The van der Waals surface area contributed by atoms with Crippen LogP contribution in [0.1, 0.15) is 56.6 Å². The number of carbonyl (C=O) groups excluding carboxylic acids is 3. The normalized spacial score (nSPS) is 19.1. The molecule has 12 nitrogen and oxygen atoms in total. The number of piperidine rings is 1. The number of pyridine rings is 1. The van der Waals surface area contributed by atoms with E-state index in [1.807, 2.05) is 63.2 Å². The number of amides is 3. The zero-order valence-electron chi connectivity index (χ0n) is 30.5. The van der Waals surface area contributed by atoms with E-state index >= 15 is 0 Å². The van der Waals surface area contributed by atoms with Crippen molar-refractivity contribution in [3.8, 4) is 0 Å². The molecule has 0 radical (unpaired) electrons. The van der Waals surface area contributed by atoms with E-state index in [2.05, 4.69) is 20.9 Å². The van der Waals surface area contributed by atoms with Gasteiger partial charge in [0.2, 0.25) is 11.8 Å². The summed E-state index contributed by atoms with van der Waals surface area (Å²) >= 11 is 0. The standard InChI is InChI=1S/C40H49N5O7S/c1-26(46)36(43-37(48)32-20-19-28-15-11-12-18-31(28)41-32)39(50)42-33(23-27-13-7-5-8-14-27)35(47)25-45-22-21-30(24-34(45)38(49)44-40(2,3)4)53(51,52)29-16-9-6-10-17-29/h5-20,26,30,33-36,46-47H,21-25H2,1-4H3,(H,42,50)(H,43,48)(H,44,49). The van der Waals surface area contributed by atoms with Crippen molar-refractivity contribution >= 4 is 38.5 Å². The van der Waals surface area contributed by atoms with Gasteiger partial charge in [-0.3, -0.25) is 19.3 Å². The van der Waals surface area contributed by atoms with Gasteiger partial charge in [0.1, 0.15) is 11.7 Å². The Kier molecular flexibility index (Phi) is 12.7. The molecule has 5 N–H and O–H groups in total. The fourth-order valence-electron chi connectivity index (χ4n) is 6.61. The highest BCUT2D eigenvalue weighted by molar-refractivity contribution is 7.92. The molecule has 1 saturated heterocycles. The number of likely N-dealkylation sites (tertiary alicyclic amines) is 1. The summed E-state index contributed by atoms with van der Waals surface area (Å²) in [5.74, 6) is -1.73. The van der Waals surface area contributed by atoms with Crippen LogP contribution in [0, 0.1) is 0 Å². The number of rotatable bonds is 13. The van der Waals surface area contributed by atoms with Crippen molar-refractivity contribution in [2.75, 3.05) is 13.1 Å². The summed E-state index contributed by atoms with van der Waals surface area (Å²) in [5, 5.41) is 30.9. The van der Waals surface area contributed by atoms with E-state index in [9.17, 15) is 33.0 Å². The zero-order chi connectivity index (χ0) is 38.3. The lowest BCUT2D eigenvalue weighted by atomic mass is 9.96. The monoisotopic (exact) mass is 743 g/mol. The molecule has 13 heteroatoms. The van der Waals surface area contributed by atoms with Gasteiger partial charge in [-0.1, -0.05) is 72.8 Å². The smallest absolute Gasteiger partial charge is 0.270 e. The molecule has 53 heavy (non-hydrogen) atoms. The summed E-state index contributed by atoms with van der Waals surface area (Å²) in [6.07, 6.45) is -2.10. The van der Waals surface area contributed by atoms with Crippen LogP contribution in [0.15, 0.2) is 102 Å². The predicted molar refractivity (Wildman–Crippen MR) is 203 cm³/mol. The quantitative estimate of drug-likeness (QED) is 0.138. The molecule has 3 amide bonds. The van der Waals surface area contributed by atoms with Crippen molar-refractivity contribution in [1.82, 2.24) is 25.8 Å². The van der Waals surface area contributed by atoms with E-state index in [0.717, 1.165) is 10.9 Å². The van der Waals surface area contributed by atoms with Crippen LogP contribution in [-0.4, -0.2) is 100 Å². The van der Waals surface area contributed by atoms with Crippen LogP contribution in [0.4, 0.5) is 0 Å². The van der Waals surface area contributed by atoms with Crippen molar-refractivity contribution in [1.29, 1.82) is 0 Å². The number of aliphatic hydroxyl groups is 2. The van der Waals surface area contributed by atoms with Gasteiger partial charge in [0, 0.05) is 24.0 Å². The molecule has 1 aromatic heterocycles. The molecule has 5 rings (SSSR count). The summed E-state index contributed by atoms with van der Waals surface area (Å²) in [4.78, 5) is 47.2. The number of aliphatic hydroxyl groups excluding tert-OH is 2. The maximum Gasteiger partial charge on any atom is 0.270 e. The van der Waals surface area contributed by atoms with Crippen molar-refractivity contribution < 1.29 is 33.0 Å². The summed E-state index contributed by atoms with van der Waals surface area (Å²) in [6.45, 7) is 7.03. The van der Waals surface area contributed by atoms with E-state index < -0.39 is 62.8 Å². The van der Waals surface area contributed by atoms with Crippen LogP contribution in [0.25, 0.3) is 10.9 Å². The number of hydrogen-bond acceptors (Lipinski definition) is 9. The van der Waals surface area contributed by atoms with Crippen LogP contribution in [0.2, 0.25) is 0 Å². The molecule has 1 aliphatic heterocycles. The zero-order valence-corrected chi connectivity index (χ0v) is 31.3. The Morgan fingerprint density at radius 3 is 2.19 bits per heavy atom. The molecule has 1 aliphatic rings. The van der Waals surface area contributed by atoms with Gasteiger partial charge in [-0.2, -0.15) is 0 Å². The molecular weight excluding hydrogens is 695 g/mol. The summed E-state index contributed by atoms with van der Waals surface area (Å²) in [5.41, 5.74) is 0.879. The Bertz CT molecular complexity index is 1990. The molecular formula is C40H49N5O7S. The number of para-hydroxylation sites is 1. The minimum absolute atomic E-state index is 0.0144. The van der Waals surface area contributed by atoms with Gasteiger partial charge in [-0.05, 0) is 76.8 Å². The van der Waals surface area contributed by atoms with Crippen LogP contribution in [-0.2, 0) is 25.8 Å². The Morgan fingerprint density at radius 2 is 1.53 bits per heavy atom. The Balaban J connectivity index is 1.36. The molecule has 6 unspecified atom stereocenters. The minimum Gasteiger partial charge on any atom is -0.391 e. The highest BCUT2D eigenvalue weighted by atomic mass is 32.2. The second-order valence-corrected chi connectivity index (χ2v) is 16.9. The second kappa shape index (κ2) is 17.0. The number of aromatic nitrogens is 1. The number of β-amino-alcohol motifs (C(OH)–C–C–N with tert-alkyl or cyclic N) is 1. The fourth-order valence-corrected chi connectivity index (χ4v) is 8.39. The van der Waals surface area contributed by atoms with Gasteiger partial charge < -0.3 is 26.2 Å². The summed E-state index contributed by atoms with van der Waals surface area (Å²) < 4.78 is 27.3. The largest absolute Gasteiger partial charge is 0.391 e. The maximum absolute atomic E-state index is 13.8. The lowest BCUT2D eigenvalue weighted by Gasteiger charge is -2.41. The lowest BCUT2D eigenvalue weighted by Crippen LogP contribution is -2.61. The molecule has 0 bridgehead atoms. The molecule has 4 aromatic rings. The van der Waals surface area contributed by atoms with Gasteiger partial charge >= 0.3 is 0 Å². The Labute approximate surface area is 310 Å². The number of fused-ring (bicyclic) bond motifs is 1. The van der Waals surface area contributed by atoms with Crippen LogP contribution < -0.4 is 16.0 Å². The first-order valence-electron chi connectivity index (χ1n) is 17.8. The third kappa shape index (κ3) is 10.3. The molecule has 6 atom stereocenters. The van der Waals surface area contributed by atoms with Gasteiger partial charge in [0.15, 0.2) is 9.84 Å². The fraction of sp³-hybridized carbons (Fsp3) is 0.400. The highest BCUT2D eigenvalue weighted by Crippen LogP contribution is 2.29. The van der Waals surface area contributed by atoms with E-state index in [1.165, 1.54) is 13.0 Å². The average Bonchev–Trinajstić information content (AvgIpc) is 3.13. The van der Waals surface area contributed by atoms with Gasteiger partial charge in [-0.25, -0.2) is 13.4 Å². The number of hydrogen-bond donors (Lipinski definition) is 5. The minimum atomic E-state index is -3.74. The molecule has 0 saturated carbocycles. The molecule has 282 valence electrons. The first kappa shape index (κ1) is 39.5. The summed E-state index contributed by atoms with van der Waals surface area (Å²) in [6, 6.07) is 24.8. The van der Waals surface area contributed by atoms with Gasteiger partial charge in [-0.15, -0.1) is 0 Å². The van der Waals surface area contributed by atoms with Crippen LogP contribution in [0.3, 0.4) is 0 Å². The average molecular weight is 744 g/mol. The van der Waals surface area contributed by atoms with Gasteiger partial charge in [0.25, 0.3) is 5.91 Å². The van der Waals surface area contributed by atoms with Crippen LogP contribution >= 0.6 is 0 Å². The van der Waals surface area contributed by atoms with Crippen LogP contribution in [0.5, 0.6) is 0 Å². The molecule has 2 heterocycles. The Hall–Kier alpha value is -4.69. The Morgan fingerprint density at radius 1 is 0.887 bits per heavy atom. The van der Waals surface area contributed by atoms with Gasteiger partial charge in [0.05, 0.1) is 40.0 Å². The molecule has 3 aromatic carbocycles. The van der Waals surface area contributed by atoms with E-state index in [0.29, 0.717) is 5.52 Å². The third-order valence-electron chi connectivity index (χ3n) is 9.37. The SMILES string of the molecule is CC(O)C(NC(=O)c1ccc2ccccc2n1)C(=O)NC(Cc1ccccc1)C(O)CN1CCC(S(=O)(=O)c2ccccc2)CC1C(=O)NC(C)(C)C. The van der Waals surface area contributed by atoms with Crippen molar-refractivity contribution in [2.24, 2.45) is 0 Å². The first-order chi connectivity index (χ1) is 25.1. The number of sulfone groups is 1. The number of nitrogens with zero attached hydrogens (tertiary/aromatic N) is 2. The first-order valence-corrected chi connectivity index (χ1v) is 19.4. The lowest BCUT2D eigenvalue weighted by molar-refractivity contribution is -0.131. The molecule has 1 fully saturated rings. The molecule has 0 spiro atoms. The predicted octanol–water partition coefficient (Wildman–Crippen LogP) is 3.02. The number of nitrogens with one attached hydrogen (secondary N) is 3. The molecule has 0 aliphatic carbocycles. The maximum atomic E-state index is 13.8. The second-order valence-electron chi connectivity index (χ2n) is 14.7. The van der Waals surface area contributed by atoms with E-state index in [1.54, 1.807) is 53.4 Å². The summed E-state index contributed by atoms with van der Waals surface area (Å²) in [7, 11) is -3.74.